The van der Waals surface area contributed by atoms with Crippen LogP contribution in [0.1, 0.15) is 34.5 Å². The summed E-state index contributed by atoms with van der Waals surface area (Å²) < 4.78 is 10.6. The van der Waals surface area contributed by atoms with Gasteiger partial charge in [0, 0.05) is 0 Å². The Morgan fingerprint density at radius 2 is 1.69 bits per heavy atom. The number of hydrogen-bond acceptors (Lipinski definition) is 7. The van der Waals surface area contributed by atoms with Gasteiger partial charge in [0.2, 0.25) is 5.91 Å². The summed E-state index contributed by atoms with van der Waals surface area (Å²) in [6, 6.07) is 13.3. The largest absolute Gasteiger partial charge is 0.463 e. The third kappa shape index (κ3) is 5.35. The number of hydrogen-bond donors (Lipinski definition) is 3. The third-order valence-corrected chi connectivity index (χ3v) is 5.60. The Bertz CT molecular complexity index is 1210. The van der Waals surface area contributed by atoms with E-state index in [0.29, 0.717) is 11.1 Å². The second kappa shape index (κ2) is 10.7. The minimum atomic E-state index is -0.780. The number of carbonyl (C=O) groups excluding carboxylic acids is 5. The van der Waals surface area contributed by atoms with Crippen molar-refractivity contribution < 1.29 is 33.4 Å². The van der Waals surface area contributed by atoms with Crippen LogP contribution in [-0.2, 0) is 25.6 Å². The van der Waals surface area contributed by atoms with Gasteiger partial charge < -0.3 is 25.4 Å². The molecule has 3 N–H and O–H groups in total. The van der Waals surface area contributed by atoms with Crippen LogP contribution in [-0.4, -0.2) is 54.6 Å². The minimum Gasteiger partial charge on any atom is -0.463 e. The standard InChI is InChI=1S/C25H24N4O7/c1-2-35-23(32)20-18(27-24(33)28-21(20)16-6-4-3-5-7-16)14-36-22(31)17-10-8-15(9-11-17)13-29-19(30)12-26-25(29)34/h3-11,21H,2,12-14H2,1H3,(H,26,34)(H2,27,28,33). The van der Waals surface area contributed by atoms with Crippen LogP contribution < -0.4 is 16.0 Å². The van der Waals surface area contributed by atoms with Crippen molar-refractivity contribution in [3.63, 3.8) is 0 Å². The molecule has 1 fully saturated rings. The maximum absolute atomic E-state index is 12.8. The van der Waals surface area contributed by atoms with E-state index in [0.717, 1.165) is 4.90 Å². The van der Waals surface area contributed by atoms with E-state index in [1.54, 1.807) is 43.3 Å². The molecular weight excluding hydrogens is 468 g/mol. The summed E-state index contributed by atoms with van der Waals surface area (Å²) in [5.41, 5.74) is 1.80. The Labute approximate surface area is 206 Å². The summed E-state index contributed by atoms with van der Waals surface area (Å²) >= 11 is 0. The molecule has 1 saturated heterocycles. The molecule has 11 nitrogen and oxygen atoms in total. The molecule has 4 rings (SSSR count). The smallest absolute Gasteiger partial charge is 0.338 e. The van der Waals surface area contributed by atoms with Gasteiger partial charge in [-0.2, -0.15) is 0 Å². The molecule has 36 heavy (non-hydrogen) atoms. The molecule has 0 saturated carbocycles. The lowest BCUT2D eigenvalue weighted by atomic mass is 9.95. The van der Waals surface area contributed by atoms with Crippen molar-refractivity contribution in [3.8, 4) is 0 Å². The fourth-order valence-corrected chi connectivity index (χ4v) is 3.84. The van der Waals surface area contributed by atoms with Gasteiger partial charge in [0.05, 0.1) is 42.6 Å². The van der Waals surface area contributed by atoms with Gasteiger partial charge in [0.15, 0.2) is 0 Å². The SMILES string of the molecule is CCOC(=O)C1=C(COC(=O)c2ccc(CN3C(=O)CNC3=O)cc2)NC(=O)NC1c1ccccc1. The molecule has 0 spiro atoms. The van der Waals surface area contributed by atoms with Crippen molar-refractivity contribution in [3.05, 3.63) is 82.6 Å². The summed E-state index contributed by atoms with van der Waals surface area (Å²) in [7, 11) is 0. The molecule has 1 unspecified atom stereocenters. The molecule has 0 radical (unpaired) electrons. The number of nitrogens with zero attached hydrogens (tertiary/aromatic N) is 1. The number of esters is 2. The Morgan fingerprint density at radius 3 is 2.33 bits per heavy atom. The number of imide groups is 1. The Hall–Kier alpha value is -4.67. The van der Waals surface area contributed by atoms with E-state index in [1.807, 2.05) is 6.07 Å². The lowest BCUT2D eigenvalue weighted by Gasteiger charge is -2.29. The second-order valence-corrected chi connectivity index (χ2v) is 7.97. The zero-order valence-corrected chi connectivity index (χ0v) is 19.4. The highest BCUT2D eigenvalue weighted by Gasteiger charge is 2.34. The molecule has 2 aliphatic heterocycles. The van der Waals surface area contributed by atoms with Gasteiger partial charge in [-0.05, 0) is 30.2 Å². The zero-order chi connectivity index (χ0) is 25.7. The van der Waals surface area contributed by atoms with Crippen LogP contribution in [0.3, 0.4) is 0 Å². The molecule has 186 valence electrons. The Balaban J connectivity index is 1.49. The van der Waals surface area contributed by atoms with E-state index in [1.165, 1.54) is 12.1 Å². The Morgan fingerprint density at radius 1 is 0.972 bits per heavy atom. The van der Waals surface area contributed by atoms with Crippen LogP contribution in [0.15, 0.2) is 65.9 Å². The van der Waals surface area contributed by atoms with Gasteiger partial charge in [-0.15, -0.1) is 0 Å². The molecule has 0 bridgehead atoms. The van der Waals surface area contributed by atoms with Crippen molar-refractivity contribution in [2.45, 2.75) is 19.5 Å². The second-order valence-electron chi connectivity index (χ2n) is 7.97. The van der Waals surface area contributed by atoms with Crippen molar-refractivity contribution in [1.29, 1.82) is 0 Å². The molecule has 2 aliphatic rings. The highest BCUT2D eigenvalue weighted by atomic mass is 16.5. The molecular formula is C25H24N4O7. The summed E-state index contributed by atoms with van der Waals surface area (Å²) in [5.74, 6) is -1.65. The van der Waals surface area contributed by atoms with Crippen molar-refractivity contribution in [2.24, 2.45) is 0 Å². The van der Waals surface area contributed by atoms with Crippen molar-refractivity contribution in [2.75, 3.05) is 19.8 Å². The molecule has 1 atom stereocenters. The van der Waals surface area contributed by atoms with Gasteiger partial charge in [-0.1, -0.05) is 42.5 Å². The average molecular weight is 492 g/mol. The van der Waals surface area contributed by atoms with Crippen LogP contribution in [0, 0.1) is 0 Å². The number of benzene rings is 2. The number of carbonyl (C=O) groups is 5. The van der Waals surface area contributed by atoms with Crippen LogP contribution in [0.4, 0.5) is 9.59 Å². The number of rotatable bonds is 8. The number of urea groups is 2. The first-order valence-corrected chi connectivity index (χ1v) is 11.2. The Kier molecular flexibility index (Phi) is 7.28. The highest BCUT2D eigenvalue weighted by Crippen LogP contribution is 2.28. The van der Waals surface area contributed by atoms with Crippen molar-refractivity contribution in [1.82, 2.24) is 20.9 Å². The van der Waals surface area contributed by atoms with Gasteiger partial charge in [0.1, 0.15) is 6.61 Å². The summed E-state index contributed by atoms with van der Waals surface area (Å²) in [6.07, 6.45) is 0. The highest BCUT2D eigenvalue weighted by molar-refractivity contribution is 6.02. The van der Waals surface area contributed by atoms with Gasteiger partial charge in [-0.25, -0.2) is 19.2 Å². The average Bonchev–Trinajstić information content (AvgIpc) is 3.20. The fourth-order valence-electron chi connectivity index (χ4n) is 3.84. The van der Waals surface area contributed by atoms with Crippen LogP contribution >= 0.6 is 0 Å². The van der Waals surface area contributed by atoms with E-state index in [9.17, 15) is 24.0 Å². The molecule has 2 aromatic rings. The van der Waals surface area contributed by atoms with Gasteiger partial charge in [0.25, 0.3) is 0 Å². The monoisotopic (exact) mass is 492 g/mol. The summed E-state index contributed by atoms with van der Waals surface area (Å²) in [4.78, 5) is 62.3. The topological polar surface area (TPSA) is 143 Å². The predicted octanol–water partition coefficient (Wildman–Crippen LogP) is 1.77. The van der Waals surface area contributed by atoms with Gasteiger partial charge in [-0.3, -0.25) is 9.69 Å². The zero-order valence-electron chi connectivity index (χ0n) is 19.4. The maximum atomic E-state index is 12.8. The normalized spacial score (nSPS) is 17.3. The molecule has 0 aromatic heterocycles. The molecule has 5 amide bonds. The van der Waals surface area contributed by atoms with Crippen molar-refractivity contribution >= 4 is 29.9 Å². The van der Waals surface area contributed by atoms with E-state index in [-0.39, 0.29) is 49.0 Å². The summed E-state index contributed by atoms with van der Waals surface area (Å²) in [6.45, 7) is 1.47. The van der Waals surface area contributed by atoms with E-state index in [4.69, 9.17) is 9.47 Å². The lowest BCUT2D eigenvalue weighted by molar-refractivity contribution is -0.139. The van der Waals surface area contributed by atoms with Crippen LogP contribution in [0.2, 0.25) is 0 Å². The predicted molar refractivity (Wildman–Crippen MR) is 125 cm³/mol. The first-order valence-electron chi connectivity index (χ1n) is 11.2. The summed E-state index contributed by atoms with van der Waals surface area (Å²) in [5, 5.41) is 7.70. The first-order chi connectivity index (χ1) is 17.4. The quantitative estimate of drug-likeness (QED) is 0.376. The lowest BCUT2D eigenvalue weighted by Crippen LogP contribution is -2.47. The van der Waals surface area contributed by atoms with E-state index < -0.39 is 30.0 Å². The third-order valence-electron chi connectivity index (χ3n) is 5.60. The number of ether oxygens (including phenoxy) is 2. The molecule has 2 heterocycles. The molecule has 2 aromatic carbocycles. The van der Waals surface area contributed by atoms with E-state index in [2.05, 4.69) is 16.0 Å². The maximum Gasteiger partial charge on any atom is 0.338 e. The number of nitrogens with one attached hydrogen (secondary N) is 3. The minimum absolute atomic E-state index is 0.0376. The molecule has 11 heteroatoms. The first kappa shape index (κ1) is 24.5. The number of amides is 5. The molecule has 0 aliphatic carbocycles. The van der Waals surface area contributed by atoms with Crippen LogP contribution in [0.5, 0.6) is 0 Å². The van der Waals surface area contributed by atoms with Gasteiger partial charge >= 0.3 is 24.0 Å². The fraction of sp³-hybridized carbons (Fsp3) is 0.240. The van der Waals surface area contributed by atoms with E-state index >= 15 is 0 Å². The van der Waals surface area contributed by atoms with Crippen LogP contribution in [0.25, 0.3) is 0 Å².